The molecule has 2 aromatic carbocycles. The van der Waals surface area contributed by atoms with Crippen LogP contribution in [0.3, 0.4) is 0 Å². The third kappa shape index (κ3) is 5.84. The summed E-state index contributed by atoms with van der Waals surface area (Å²) in [4.78, 5) is 14.9. The van der Waals surface area contributed by atoms with Gasteiger partial charge in [0.2, 0.25) is 10.0 Å². The summed E-state index contributed by atoms with van der Waals surface area (Å²) in [6, 6.07) is 12.1. The summed E-state index contributed by atoms with van der Waals surface area (Å²) in [6.07, 6.45) is 2.74. The molecule has 0 unspecified atom stereocenters. The number of sulfonamides is 1. The van der Waals surface area contributed by atoms with Crippen LogP contribution in [-0.2, 0) is 16.6 Å². The molecule has 8 heteroatoms. The molecule has 3 rings (SSSR count). The number of carbonyl (C=O) groups is 1. The lowest BCUT2D eigenvalue weighted by Gasteiger charge is -2.27. The van der Waals surface area contributed by atoms with Gasteiger partial charge in [0.1, 0.15) is 10.6 Å². The minimum absolute atomic E-state index is 0.0929. The van der Waals surface area contributed by atoms with Crippen molar-refractivity contribution in [2.24, 2.45) is 0 Å². The van der Waals surface area contributed by atoms with Crippen molar-refractivity contribution in [3.63, 3.8) is 0 Å². The van der Waals surface area contributed by atoms with Gasteiger partial charge in [-0.25, -0.2) is 8.42 Å². The number of ether oxygens (including phenoxy) is 1. The van der Waals surface area contributed by atoms with Gasteiger partial charge in [-0.05, 0) is 69.8 Å². The summed E-state index contributed by atoms with van der Waals surface area (Å²) >= 11 is 0. The molecule has 2 aromatic rings. The van der Waals surface area contributed by atoms with Crippen molar-refractivity contribution in [3.05, 3.63) is 53.6 Å². The van der Waals surface area contributed by atoms with Crippen LogP contribution < -0.4 is 10.1 Å². The Labute approximate surface area is 185 Å². The number of benzene rings is 2. The molecule has 168 valence electrons. The molecule has 0 spiro atoms. The number of rotatable bonds is 8. The Morgan fingerprint density at radius 3 is 2.35 bits per heavy atom. The Kier molecular flexibility index (Phi) is 7.69. The van der Waals surface area contributed by atoms with E-state index < -0.39 is 10.0 Å². The molecule has 0 radical (unpaired) electrons. The highest BCUT2D eigenvalue weighted by molar-refractivity contribution is 7.89. The van der Waals surface area contributed by atoms with E-state index in [2.05, 4.69) is 10.2 Å². The predicted octanol–water partition coefficient (Wildman–Crippen LogP) is 3.57. The fourth-order valence-electron chi connectivity index (χ4n) is 3.64. The van der Waals surface area contributed by atoms with E-state index in [4.69, 9.17) is 4.74 Å². The van der Waals surface area contributed by atoms with Gasteiger partial charge < -0.3 is 15.0 Å². The van der Waals surface area contributed by atoms with Crippen LogP contribution in [0.5, 0.6) is 5.75 Å². The Morgan fingerprint density at radius 2 is 1.74 bits per heavy atom. The van der Waals surface area contributed by atoms with Crippen LogP contribution >= 0.6 is 0 Å². The van der Waals surface area contributed by atoms with Gasteiger partial charge in [0, 0.05) is 30.9 Å². The lowest BCUT2D eigenvalue weighted by atomic mass is 10.1. The average molecular weight is 446 g/mol. The number of amides is 1. The maximum Gasteiger partial charge on any atom is 0.255 e. The third-order valence-corrected chi connectivity index (χ3v) is 7.07. The second-order valence-corrected chi connectivity index (χ2v) is 9.85. The van der Waals surface area contributed by atoms with E-state index in [-0.39, 0.29) is 10.8 Å². The van der Waals surface area contributed by atoms with Gasteiger partial charge in [-0.2, -0.15) is 4.31 Å². The Morgan fingerprint density at radius 1 is 1.06 bits per heavy atom. The first-order valence-corrected chi connectivity index (χ1v) is 12.1. The first-order valence-electron chi connectivity index (χ1n) is 10.6. The van der Waals surface area contributed by atoms with Crippen molar-refractivity contribution >= 4 is 21.6 Å². The van der Waals surface area contributed by atoms with Crippen LogP contribution in [0.15, 0.2) is 47.4 Å². The van der Waals surface area contributed by atoms with Crippen LogP contribution in [0, 0.1) is 0 Å². The maximum atomic E-state index is 13.2. The lowest BCUT2D eigenvalue weighted by molar-refractivity contribution is 0.102. The molecule has 1 fully saturated rings. The molecule has 1 amide bonds. The number of nitrogens with one attached hydrogen (secondary N) is 1. The van der Waals surface area contributed by atoms with Crippen molar-refractivity contribution in [1.29, 1.82) is 0 Å². The first kappa shape index (κ1) is 23.2. The fraction of sp³-hybridized carbons (Fsp3) is 0.435. The summed E-state index contributed by atoms with van der Waals surface area (Å²) in [7, 11) is 0.274. The molecule has 0 aliphatic carbocycles. The van der Waals surface area contributed by atoms with E-state index in [9.17, 15) is 13.2 Å². The molecule has 0 bridgehead atoms. The second kappa shape index (κ2) is 10.3. The fourth-order valence-corrected chi connectivity index (χ4v) is 5.31. The number of carbonyl (C=O) groups excluding carboxylic acids is 1. The smallest absolute Gasteiger partial charge is 0.255 e. The SMILES string of the molecule is CCOc1ccc(NC(=O)c2ccc(CN(C)C)cc2)cc1S(=O)(=O)N1CCCCC1. The van der Waals surface area contributed by atoms with Crippen LogP contribution in [0.25, 0.3) is 0 Å². The normalized spacial score (nSPS) is 15.1. The molecule has 7 nitrogen and oxygen atoms in total. The molecular formula is C23H31N3O4S. The molecular weight excluding hydrogens is 414 g/mol. The number of piperidine rings is 1. The number of hydrogen-bond acceptors (Lipinski definition) is 5. The van der Waals surface area contributed by atoms with Crippen LogP contribution in [0.4, 0.5) is 5.69 Å². The first-order chi connectivity index (χ1) is 14.8. The van der Waals surface area contributed by atoms with E-state index >= 15 is 0 Å². The summed E-state index contributed by atoms with van der Waals surface area (Å²) in [5.74, 6) is 0.0148. The molecule has 1 saturated heterocycles. The molecule has 31 heavy (non-hydrogen) atoms. The molecule has 1 aliphatic heterocycles. The van der Waals surface area contributed by atoms with Crippen LogP contribution in [-0.4, -0.2) is 57.3 Å². The summed E-state index contributed by atoms with van der Waals surface area (Å²) in [5.41, 5.74) is 2.04. The summed E-state index contributed by atoms with van der Waals surface area (Å²) < 4.78 is 33.6. The molecule has 0 aromatic heterocycles. The van der Waals surface area contributed by atoms with Gasteiger partial charge in [0.15, 0.2) is 0 Å². The zero-order valence-corrected chi connectivity index (χ0v) is 19.2. The summed E-state index contributed by atoms with van der Waals surface area (Å²) in [6.45, 7) is 3.96. The van der Waals surface area contributed by atoms with Gasteiger partial charge >= 0.3 is 0 Å². The van der Waals surface area contributed by atoms with E-state index in [0.29, 0.717) is 36.7 Å². The van der Waals surface area contributed by atoms with E-state index in [1.165, 1.54) is 10.4 Å². The van der Waals surface area contributed by atoms with Crippen molar-refractivity contribution in [2.45, 2.75) is 37.6 Å². The quantitative estimate of drug-likeness (QED) is 0.672. The van der Waals surface area contributed by atoms with Crippen molar-refractivity contribution < 1.29 is 17.9 Å². The maximum absolute atomic E-state index is 13.2. The van der Waals surface area contributed by atoms with Gasteiger partial charge in [0.05, 0.1) is 6.61 Å². The molecule has 1 heterocycles. The largest absolute Gasteiger partial charge is 0.492 e. The van der Waals surface area contributed by atoms with Gasteiger partial charge in [0.25, 0.3) is 5.91 Å². The minimum atomic E-state index is -3.70. The Balaban J connectivity index is 1.83. The number of nitrogens with zero attached hydrogens (tertiary/aromatic N) is 2. The molecule has 0 atom stereocenters. The van der Waals surface area contributed by atoms with Crippen molar-refractivity contribution in [1.82, 2.24) is 9.21 Å². The van der Waals surface area contributed by atoms with Crippen LogP contribution in [0.2, 0.25) is 0 Å². The second-order valence-electron chi connectivity index (χ2n) is 7.95. The minimum Gasteiger partial charge on any atom is -0.492 e. The van der Waals surface area contributed by atoms with Crippen molar-refractivity contribution in [2.75, 3.05) is 39.1 Å². The van der Waals surface area contributed by atoms with Crippen LogP contribution in [0.1, 0.15) is 42.1 Å². The molecule has 1 aliphatic rings. The lowest BCUT2D eigenvalue weighted by Crippen LogP contribution is -2.35. The topological polar surface area (TPSA) is 79.0 Å². The Bertz CT molecular complexity index is 998. The number of hydrogen-bond donors (Lipinski definition) is 1. The van der Waals surface area contributed by atoms with Gasteiger partial charge in [-0.1, -0.05) is 18.6 Å². The highest BCUT2D eigenvalue weighted by atomic mass is 32.2. The predicted molar refractivity (Wildman–Crippen MR) is 122 cm³/mol. The monoisotopic (exact) mass is 445 g/mol. The molecule has 1 N–H and O–H groups in total. The third-order valence-electron chi connectivity index (χ3n) is 5.15. The zero-order chi connectivity index (χ0) is 22.4. The highest BCUT2D eigenvalue weighted by Crippen LogP contribution is 2.31. The average Bonchev–Trinajstić information content (AvgIpc) is 2.75. The van der Waals surface area contributed by atoms with Gasteiger partial charge in [-0.3, -0.25) is 4.79 Å². The zero-order valence-electron chi connectivity index (χ0n) is 18.4. The van der Waals surface area contributed by atoms with E-state index in [1.54, 1.807) is 24.3 Å². The van der Waals surface area contributed by atoms with E-state index in [0.717, 1.165) is 31.4 Å². The standard InChI is InChI=1S/C23H31N3O4S/c1-4-30-21-13-12-20(16-22(21)31(28,29)26-14-6-5-7-15-26)24-23(27)19-10-8-18(9-11-19)17-25(2)3/h8-13,16H,4-7,14-15,17H2,1-3H3,(H,24,27). The van der Waals surface area contributed by atoms with E-state index in [1.807, 2.05) is 33.2 Å². The summed E-state index contributed by atoms with van der Waals surface area (Å²) in [5, 5.41) is 2.82. The van der Waals surface area contributed by atoms with Gasteiger partial charge in [-0.15, -0.1) is 0 Å². The molecule has 0 saturated carbocycles. The number of anilines is 1. The van der Waals surface area contributed by atoms with Crippen molar-refractivity contribution in [3.8, 4) is 5.75 Å². The highest BCUT2D eigenvalue weighted by Gasteiger charge is 2.29. The Hall–Kier alpha value is -2.42.